The molecule has 0 spiro atoms. The van der Waals surface area contributed by atoms with E-state index in [9.17, 15) is 0 Å². The van der Waals surface area contributed by atoms with Crippen LogP contribution in [0.1, 0.15) is 51.0 Å². The molecular weight excluding hydrogens is 506 g/mol. The summed E-state index contributed by atoms with van der Waals surface area (Å²) in [7, 11) is 0. The summed E-state index contributed by atoms with van der Waals surface area (Å²) in [4.78, 5) is 0. The van der Waals surface area contributed by atoms with Crippen LogP contribution < -0.4 is 0 Å². The zero-order valence-electron chi connectivity index (χ0n) is 24.4. The van der Waals surface area contributed by atoms with Gasteiger partial charge in [0, 0.05) is 16.5 Å². The van der Waals surface area contributed by atoms with Crippen LogP contribution in [-0.4, -0.2) is 4.57 Å². The number of para-hydroxylation sites is 2. The molecule has 0 aliphatic rings. The zero-order valence-corrected chi connectivity index (χ0v) is 24.4. The van der Waals surface area contributed by atoms with Gasteiger partial charge < -0.3 is 4.57 Å². The molecule has 204 valence electrons. The van der Waals surface area contributed by atoms with E-state index in [2.05, 4.69) is 140 Å². The maximum Gasteiger partial charge on any atom is 0.0541 e. The predicted octanol–water partition coefficient (Wildman–Crippen LogP) is 12.0. The highest BCUT2D eigenvalue weighted by molar-refractivity contribution is 6.25. The summed E-state index contributed by atoms with van der Waals surface area (Å²) < 4.78 is 2.39. The summed E-state index contributed by atoms with van der Waals surface area (Å²) in [6.45, 7) is 4.63. The maximum atomic E-state index is 2.47. The van der Waals surface area contributed by atoms with Crippen LogP contribution in [0.5, 0.6) is 0 Å². The molecule has 0 fully saturated rings. The van der Waals surface area contributed by atoms with Crippen molar-refractivity contribution in [2.24, 2.45) is 0 Å². The number of rotatable bonds is 7. The van der Waals surface area contributed by atoms with Crippen molar-refractivity contribution in [3.05, 3.63) is 127 Å². The molecule has 0 aliphatic heterocycles. The average molecular weight is 542 g/mol. The van der Waals surface area contributed by atoms with Gasteiger partial charge in [0.2, 0.25) is 0 Å². The number of aromatic nitrogens is 1. The van der Waals surface area contributed by atoms with Crippen molar-refractivity contribution in [1.29, 1.82) is 0 Å². The standard InChI is InChI=1S/C41H35N/c1-3-5-10-27(4-2)32-25-30-16-15-29-19-23-34(37-24-20-31(26-32)40(30)41(29)37)28-17-21-33(22-18-28)42-38-13-8-6-11-35(38)36-12-7-9-14-39(36)42/h6-9,11-27H,3-5,10H2,1-2H3. The number of fused-ring (bicyclic) bond motifs is 3. The number of benzene rings is 7. The first-order chi connectivity index (χ1) is 20.7. The van der Waals surface area contributed by atoms with Crippen LogP contribution in [0.25, 0.3) is 70.9 Å². The monoisotopic (exact) mass is 541 g/mol. The Hall–Kier alpha value is -4.62. The highest BCUT2D eigenvalue weighted by Crippen LogP contribution is 2.41. The molecule has 1 atom stereocenters. The van der Waals surface area contributed by atoms with Crippen LogP contribution in [0.3, 0.4) is 0 Å². The highest BCUT2D eigenvalue weighted by atomic mass is 15.0. The molecule has 0 aliphatic carbocycles. The van der Waals surface area contributed by atoms with Gasteiger partial charge in [-0.3, -0.25) is 0 Å². The Morgan fingerprint density at radius 3 is 1.86 bits per heavy atom. The summed E-state index contributed by atoms with van der Waals surface area (Å²) in [5.74, 6) is 0.635. The van der Waals surface area contributed by atoms with Gasteiger partial charge in [0.25, 0.3) is 0 Å². The van der Waals surface area contributed by atoms with E-state index in [4.69, 9.17) is 0 Å². The van der Waals surface area contributed by atoms with E-state index in [1.165, 1.54) is 102 Å². The van der Waals surface area contributed by atoms with Crippen molar-refractivity contribution >= 4 is 54.1 Å². The third-order valence-electron chi connectivity index (χ3n) is 9.51. The fourth-order valence-electron chi connectivity index (χ4n) is 7.38. The summed E-state index contributed by atoms with van der Waals surface area (Å²) in [6.07, 6.45) is 5.02. The van der Waals surface area contributed by atoms with Gasteiger partial charge in [-0.05, 0) is 92.0 Å². The second-order valence-corrected chi connectivity index (χ2v) is 11.9. The molecule has 8 aromatic rings. The molecule has 0 amide bonds. The summed E-state index contributed by atoms with van der Waals surface area (Å²) in [5.41, 5.74) is 7.72. The molecule has 1 aromatic heterocycles. The van der Waals surface area contributed by atoms with Crippen LogP contribution in [0.2, 0.25) is 0 Å². The molecule has 0 bridgehead atoms. The first-order valence-electron chi connectivity index (χ1n) is 15.6. The predicted molar refractivity (Wildman–Crippen MR) is 182 cm³/mol. The zero-order chi connectivity index (χ0) is 28.2. The minimum atomic E-state index is 0.635. The first kappa shape index (κ1) is 25.1. The van der Waals surface area contributed by atoms with Crippen molar-refractivity contribution < 1.29 is 0 Å². The van der Waals surface area contributed by atoms with E-state index in [0.29, 0.717) is 5.92 Å². The molecular formula is C41H35N. The van der Waals surface area contributed by atoms with Gasteiger partial charge in [-0.25, -0.2) is 0 Å². The molecule has 1 heteroatoms. The Bertz CT molecular complexity index is 2140. The van der Waals surface area contributed by atoms with Crippen LogP contribution in [0.15, 0.2) is 121 Å². The van der Waals surface area contributed by atoms with Crippen molar-refractivity contribution in [3.8, 4) is 16.8 Å². The minimum Gasteiger partial charge on any atom is -0.309 e. The number of hydrogen-bond acceptors (Lipinski definition) is 0. The lowest BCUT2D eigenvalue weighted by molar-refractivity contribution is 0.570. The second kappa shape index (κ2) is 10.0. The normalized spacial score (nSPS) is 12.8. The summed E-state index contributed by atoms with van der Waals surface area (Å²) in [5, 5.41) is 10.8. The molecule has 1 unspecified atom stereocenters. The molecule has 42 heavy (non-hydrogen) atoms. The molecule has 0 saturated heterocycles. The maximum absolute atomic E-state index is 2.47. The summed E-state index contributed by atoms with van der Waals surface area (Å²) >= 11 is 0. The lowest BCUT2D eigenvalue weighted by atomic mass is 9.85. The molecule has 0 radical (unpaired) electrons. The first-order valence-corrected chi connectivity index (χ1v) is 15.6. The van der Waals surface area contributed by atoms with Crippen molar-refractivity contribution in [3.63, 3.8) is 0 Å². The Morgan fingerprint density at radius 2 is 1.19 bits per heavy atom. The summed E-state index contributed by atoms with van der Waals surface area (Å²) in [6, 6.07) is 45.5. The fourth-order valence-corrected chi connectivity index (χ4v) is 7.38. The third-order valence-corrected chi connectivity index (χ3v) is 9.51. The SMILES string of the molecule is CCCCC(CC)c1cc2ccc3ccc(-c4ccc(-n5c6ccccc6c6ccccc65)cc4)c4ccc(c1)c2c34. The van der Waals surface area contributed by atoms with Gasteiger partial charge in [-0.15, -0.1) is 0 Å². The van der Waals surface area contributed by atoms with E-state index in [0.717, 1.165) is 0 Å². The Kier molecular flexibility index (Phi) is 6.00. The minimum absolute atomic E-state index is 0.635. The van der Waals surface area contributed by atoms with Crippen LogP contribution in [-0.2, 0) is 0 Å². The lowest BCUT2D eigenvalue weighted by Crippen LogP contribution is -1.98. The Balaban J connectivity index is 1.26. The number of unbranched alkanes of at least 4 members (excludes halogenated alkanes) is 1. The molecule has 8 rings (SSSR count). The van der Waals surface area contributed by atoms with Gasteiger partial charge in [0.1, 0.15) is 0 Å². The van der Waals surface area contributed by atoms with Crippen molar-refractivity contribution in [2.45, 2.75) is 45.4 Å². The second-order valence-electron chi connectivity index (χ2n) is 11.9. The fraction of sp³-hybridized carbons (Fsp3) is 0.171. The molecule has 0 N–H and O–H groups in total. The van der Waals surface area contributed by atoms with E-state index in [-0.39, 0.29) is 0 Å². The topological polar surface area (TPSA) is 4.93 Å². The van der Waals surface area contributed by atoms with Gasteiger partial charge in [0.15, 0.2) is 0 Å². The van der Waals surface area contributed by atoms with E-state index in [1.807, 2.05) is 0 Å². The van der Waals surface area contributed by atoms with Gasteiger partial charge in [-0.2, -0.15) is 0 Å². The molecule has 0 saturated carbocycles. The average Bonchev–Trinajstić information content (AvgIpc) is 3.38. The van der Waals surface area contributed by atoms with Crippen LogP contribution >= 0.6 is 0 Å². The van der Waals surface area contributed by atoms with Crippen molar-refractivity contribution in [1.82, 2.24) is 4.57 Å². The smallest absolute Gasteiger partial charge is 0.0541 e. The van der Waals surface area contributed by atoms with Crippen LogP contribution in [0, 0.1) is 0 Å². The Morgan fingerprint density at radius 1 is 0.571 bits per heavy atom. The largest absolute Gasteiger partial charge is 0.309 e. The van der Waals surface area contributed by atoms with Gasteiger partial charge in [-0.1, -0.05) is 124 Å². The van der Waals surface area contributed by atoms with E-state index < -0.39 is 0 Å². The third kappa shape index (κ3) is 3.84. The van der Waals surface area contributed by atoms with Gasteiger partial charge in [0.05, 0.1) is 11.0 Å². The Labute approximate surface area is 247 Å². The van der Waals surface area contributed by atoms with Crippen molar-refractivity contribution in [2.75, 3.05) is 0 Å². The number of hydrogen-bond donors (Lipinski definition) is 0. The quantitative estimate of drug-likeness (QED) is 0.177. The highest BCUT2D eigenvalue weighted by Gasteiger charge is 2.17. The van der Waals surface area contributed by atoms with E-state index in [1.54, 1.807) is 0 Å². The molecule has 7 aromatic carbocycles. The van der Waals surface area contributed by atoms with E-state index >= 15 is 0 Å². The van der Waals surface area contributed by atoms with Gasteiger partial charge >= 0.3 is 0 Å². The molecule has 1 heterocycles. The van der Waals surface area contributed by atoms with Crippen LogP contribution in [0.4, 0.5) is 0 Å². The molecule has 1 nitrogen and oxygen atoms in total. The lowest BCUT2D eigenvalue weighted by Gasteiger charge is -2.19. The number of nitrogens with zero attached hydrogens (tertiary/aromatic N) is 1.